The molecule has 0 aliphatic rings. The van der Waals surface area contributed by atoms with E-state index in [9.17, 15) is 0 Å². The predicted octanol–water partition coefficient (Wildman–Crippen LogP) is 1.85. The van der Waals surface area contributed by atoms with Crippen molar-refractivity contribution in [2.45, 2.75) is 13.0 Å². The molecule has 0 bridgehead atoms. The van der Waals surface area contributed by atoms with Crippen LogP contribution in [0.5, 0.6) is 0 Å². The van der Waals surface area contributed by atoms with Crippen LogP contribution in [0.3, 0.4) is 0 Å². The summed E-state index contributed by atoms with van der Waals surface area (Å²) in [4.78, 5) is 11.1. The SMILES string of the molecule is CC(Nc1cccnc1C#N)c1ncc[nH]1. The van der Waals surface area contributed by atoms with E-state index in [-0.39, 0.29) is 6.04 Å². The van der Waals surface area contributed by atoms with Crippen molar-refractivity contribution >= 4 is 5.69 Å². The average Bonchev–Trinajstić information content (AvgIpc) is 2.83. The van der Waals surface area contributed by atoms with Gasteiger partial charge in [0, 0.05) is 18.6 Å². The highest BCUT2D eigenvalue weighted by Gasteiger charge is 2.09. The quantitative estimate of drug-likeness (QED) is 0.815. The zero-order valence-corrected chi connectivity index (χ0v) is 8.81. The predicted molar refractivity (Wildman–Crippen MR) is 59.6 cm³/mol. The highest BCUT2D eigenvalue weighted by molar-refractivity contribution is 5.54. The van der Waals surface area contributed by atoms with Gasteiger partial charge >= 0.3 is 0 Å². The average molecular weight is 213 g/mol. The molecular formula is C11H11N5. The van der Waals surface area contributed by atoms with Gasteiger partial charge in [0.05, 0.1) is 11.7 Å². The standard InChI is InChI=1S/C11H11N5/c1-8(11-14-5-6-15-11)16-9-3-2-4-13-10(9)7-12/h2-6,8,16H,1H3,(H,14,15). The van der Waals surface area contributed by atoms with Crippen molar-refractivity contribution in [3.63, 3.8) is 0 Å². The van der Waals surface area contributed by atoms with Gasteiger partial charge < -0.3 is 10.3 Å². The van der Waals surface area contributed by atoms with E-state index in [1.165, 1.54) is 0 Å². The van der Waals surface area contributed by atoms with Gasteiger partial charge in [0.2, 0.25) is 0 Å². The van der Waals surface area contributed by atoms with Gasteiger partial charge in [0.1, 0.15) is 11.9 Å². The minimum absolute atomic E-state index is 0.00583. The fraction of sp³-hybridized carbons (Fsp3) is 0.182. The summed E-state index contributed by atoms with van der Waals surface area (Å²) in [6, 6.07) is 5.66. The number of rotatable bonds is 3. The first-order valence-electron chi connectivity index (χ1n) is 4.92. The van der Waals surface area contributed by atoms with Gasteiger partial charge in [0.25, 0.3) is 0 Å². The van der Waals surface area contributed by atoms with Crippen LogP contribution in [0.1, 0.15) is 24.5 Å². The smallest absolute Gasteiger partial charge is 0.163 e. The number of anilines is 1. The molecule has 16 heavy (non-hydrogen) atoms. The third-order valence-electron chi connectivity index (χ3n) is 2.22. The molecule has 5 heteroatoms. The van der Waals surface area contributed by atoms with Crippen LogP contribution in [-0.2, 0) is 0 Å². The monoisotopic (exact) mass is 213 g/mol. The molecule has 2 rings (SSSR count). The molecule has 2 heterocycles. The Morgan fingerprint density at radius 1 is 1.44 bits per heavy atom. The molecule has 0 aliphatic carbocycles. The summed E-state index contributed by atoms with van der Waals surface area (Å²) in [5, 5.41) is 12.1. The van der Waals surface area contributed by atoms with E-state index in [0.717, 1.165) is 5.82 Å². The Morgan fingerprint density at radius 3 is 3.00 bits per heavy atom. The molecule has 0 aliphatic heterocycles. The number of hydrogen-bond acceptors (Lipinski definition) is 4. The number of aromatic amines is 1. The lowest BCUT2D eigenvalue weighted by molar-refractivity contribution is 0.808. The van der Waals surface area contributed by atoms with Crippen molar-refractivity contribution in [1.29, 1.82) is 5.26 Å². The summed E-state index contributed by atoms with van der Waals surface area (Å²) < 4.78 is 0. The molecule has 1 atom stereocenters. The number of nitrogens with one attached hydrogen (secondary N) is 2. The molecule has 2 aromatic heterocycles. The molecule has 1 unspecified atom stereocenters. The molecule has 5 nitrogen and oxygen atoms in total. The van der Waals surface area contributed by atoms with Gasteiger partial charge in [-0.2, -0.15) is 5.26 Å². The Kier molecular flexibility index (Phi) is 2.83. The Balaban J connectivity index is 2.19. The summed E-state index contributed by atoms with van der Waals surface area (Å²) in [7, 11) is 0. The maximum Gasteiger partial charge on any atom is 0.163 e. The van der Waals surface area contributed by atoms with E-state index in [0.29, 0.717) is 11.4 Å². The van der Waals surface area contributed by atoms with Crippen LogP contribution in [0, 0.1) is 11.3 Å². The van der Waals surface area contributed by atoms with E-state index in [4.69, 9.17) is 5.26 Å². The van der Waals surface area contributed by atoms with Gasteiger partial charge in [0.15, 0.2) is 5.69 Å². The van der Waals surface area contributed by atoms with E-state index < -0.39 is 0 Å². The van der Waals surface area contributed by atoms with E-state index in [1.54, 1.807) is 24.7 Å². The fourth-order valence-corrected chi connectivity index (χ4v) is 1.43. The zero-order chi connectivity index (χ0) is 11.4. The van der Waals surface area contributed by atoms with Crippen molar-refractivity contribution < 1.29 is 0 Å². The molecular weight excluding hydrogens is 202 g/mol. The molecule has 80 valence electrons. The maximum atomic E-state index is 8.89. The van der Waals surface area contributed by atoms with Crippen LogP contribution < -0.4 is 5.32 Å². The summed E-state index contributed by atoms with van der Waals surface area (Å²) in [5.41, 5.74) is 1.11. The lowest BCUT2D eigenvalue weighted by Crippen LogP contribution is -2.09. The highest BCUT2D eigenvalue weighted by atomic mass is 15.0. The molecule has 0 saturated carbocycles. The molecule has 0 aromatic carbocycles. The first-order valence-corrected chi connectivity index (χ1v) is 4.92. The summed E-state index contributed by atoms with van der Waals surface area (Å²) in [5.74, 6) is 0.827. The first-order chi connectivity index (χ1) is 7.81. The molecule has 0 saturated heterocycles. The summed E-state index contributed by atoms with van der Waals surface area (Å²) >= 11 is 0. The van der Waals surface area contributed by atoms with E-state index >= 15 is 0 Å². The van der Waals surface area contributed by atoms with Crippen molar-refractivity contribution in [3.05, 3.63) is 42.2 Å². The molecule has 2 aromatic rings. The fourth-order valence-electron chi connectivity index (χ4n) is 1.43. The van der Waals surface area contributed by atoms with Gasteiger partial charge in [-0.15, -0.1) is 0 Å². The Labute approximate surface area is 93.2 Å². The molecule has 0 radical (unpaired) electrons. The Hall–Kier alpha value is -2.35. The van der Waals surface area contributed by atoms with Crippen LogP contribution >= 0.6 is 0 Å². The van der Waals surface area contributed by atoms with Crippen LogP contribution in [0.25, 0.3) is 0 Å². The molecule has 0 fully saturated rings. The van der Waals surface area contributed by atoms with Crippen LogP contribution in [0.4, 0.5) is 5.69 Å². The second-order valence-electron chi connectivity index (χ2n) is 3.35. The maximum absolute atomic E-state index is 8.89. The van der Waals surface area contributed by atoms with Crippen LogP contribution in [0.15, 0.2) is 30.7 Å². The second kappa shape index (κ2) is 4.45. The third-order valence-corrected chi connectivity index (χ3v) is 2.22. The minimum atomic E-state index is 0.00583. The zero-order valence-electron chi connectivity index (χ0n) is 8.81. The lowest BCUT2D eigenvalue weighted by Gasteiger charge is -2.13. The topological polar surface area (TPSA) is 77.4 Å². The summed E-state index contributed by atoms with van der Waals surface area (Å²) in [6.45, 7) is 1.97. The van der Waals surface area contributed by atoms with Gasteiger partial charge in [-0.25, -0.2) is 9.97 Å². The number of nitrogens with zero attached hydrogens (tertiary/aromatic N) is 3. The van der Waals surface area contributed by atoms with Crippen molar-refractivity contribution in [1.82, 2.24) is 15.0 Å². The van der Waals surface area contributed by atoms with E-state index in [1.807, 2.05) is 19.1 Å². The molecule has 0 spiro atoms. The number of hydrogen-bond donors (Lipinski definition) is 2. The Morgan fingerprint density at radius 2 is 2.31 bits per heavy atom. The molecule has 2 N–H and O–H groups in total. The normalized spacial score (nSPS) is 11.8. The van der Waals surface area contributed by atoms with Gasteiger partial charge in [-0.1, -0.05) is 0 Å². The van der Waals surface area contributed by atoms with Crippen molar-refractivity contribution in [3.8, 4) is 6.07 Å². The third kappa shape index (κ3) is 2.01. The van der Waals surface area contributed by atoms with Crippen molar-refractivity contribution in [2.75, 3.05) is 5.32 Å². The number of H-pyrrole nitrogens is 1. The lowest BCUT2D eigenvalue weighted by atomic mass is 10.2. The second-order valence-corrected chi connectivity index (χ2v) is 3.35. The largest absolute Gasteiger partial charge is 0.373 e. The van der Waals surface area contributed by atoms with Crippen LogP contribution in [-0.4, -0.2) is 15.0 Å². The highest BCUT2D eigenvalue weighted by Crippen LogP contribution is 2.18. The minimum Gasteiger partial charge on any atom is -0.373 e. The first kappa shape index (κ1) is 10.2. The Bertz CT molecular complexity index is 497. The van der Waals surface area contributed by atoms with Crippen LogP contribution in [0.2, 0.25) is 0 Å². The molecule has 0 amide bonds. The number of nitriles is 1. The number of aromatic nitrogens is 3. The van der Waals surface area contributed by atoms with Gasteiger partial charge in [-0.3, -0.25) is 0 Å². The summed E-state index contributed by atoms with van der Waals surface area (Å²) in [6.07, 6.45) is 5.06. The number of pyridine rings is 1. The van der Waals surface area contributed by atoms with Crippen molar-refractivity contribution in [2.24, 2.45) is 0 Å². The number of imidazole rings is 1. The van der Waals surface area contributed by atoms with E-state index in [2.05, 4.69) is 20.3 Å². The van der Waals surface area contributed by atoms with Gasteiger partial charge in [-0.05, 0) is 19.1 Å².